The fraction of sp³-hybridized carbons (Fsp3) is 0.259. The maximum absolute atomic E-state index is 13.2. The van der Waals surface area contributed by atoms with E-state index in [1.54, 1.807) is 4.90 Å². The zero-order valence-electron chi connectivity index (χ0n) is 18.8. The first-order valence-corrected chi connectivity index (χ1v) is 11.4. The smallest absolute Gasteiger partial charge is 0.322 e. The second-order valence-electron chi connectivity index (χ2n) is 8.90. The maximum atomic E-state index is 13.2. The van der Waals surface area contributed by atoms with Crippen LogP contribution in [-0.2, 0) is 4.79 Å². The first-order chi connectivity index (χ1) is 16.5. The molecule has 3 amide bonds. The molecule has 3 aromatic carbocycles. The van der Waals surface area contributed by atoms with E-state index in [9.17, 15) is 19.1 Å². The lowest BCUT2D eigenvalue weighted by Crippen LogP contribution is -2.73. The molecule has 0 radical (unpaired) electrons. The molecular formula is C27H26FN3O3. The Morgan fingerprint density at radius 1 is 1.06 bits per heavy atom. The fourth-order valence-corrected chi connectivity index (χ4v) is 5.17. The van der Waals surface area contributed by atoms with E-state index in [2.05, 4.69) is 48.6 Å². The van der Waals surface area contributed by atoms with E-state index in [1.165, 1.54) is 40.3 Å². The van der Waals surface area contributed by atoms with Gasteiger partial charge in [-0.15, -0.1) is 0 Å². The molecule has 0 aliphatic carbocycles. The molecule has 2 heterocycles. The highest BCUT2D eigenvalue weighted by atomic mass is 19.1. The highest BCUT2D eigenvalue weighted by Crippen LogP contribution is 2.43. The number of nitrogens with zero attached hydrogens (tertiary/aromatic N) is 2. The van der Waals surface area contributed by atoms with Crippen molar-refractivity contribution < 1.29 is 19.1 Å². The molecule has 7 heteroatoms. The minimum absolute atomic E-state index is 0.0566. The zero-order chi connectivity index (χ0) is 23.8. The van der Waals surface area contributed by atoms with Crippen LogP contribution < -0.4 is 5.32 Å². The molecule has 0 saturated carbocycles. The van der Waals surface area contributed by atoms with E-state index in [1.807, 2.05) is 12.1 Å². The molecule has 2 aliphatic rings. The van der Waals surface area contributed by atoms with Crippen molar-refractivity contribution in [1.29, 1.82) is 0 Å². The summed E-state index contributed by atoms with van der Waals surface area (Å²) >= 11 is 0. The summed E-state index contributed by atoms with van der Waals surface area (Å²) in [6, 6.07) is 21.0. The summed E-state index contributed by atoms with van der Waals surface area (Å²) < 4.78 is 13.2. The Morgan fingerprint density at radius 2 is 1.76 bits per heavy atom. The molecule has 0 bridgehead atoms. The number of halogens is 1. The van der Waals surface area contributed by atoms with Gasteiger partial charge in [-0.3, -0.25) is 4.79 Å². The summed E-state index contributed by atoms with van der Waals surface area (Å²) in [6.07, 6.45) is 0. The molecular weight excluding hydrogens is 433 g/mol. The summed E-state index contributed by atoms with van der Waals surface area (Å²) in [6.45, 7) is 2.25. The minimum Gasteiger partial charge on any atom is -0.394 e. The number of fused-ring (bicyclic) bond motifs is 1. The molecule has 0 spiro atoms. The first kappa shape index (κ1) is 22.1. The van der Waals surface area contributed by atoms with Crippen molar-refractivity contribution in [2.24, 2.45) is 0 Å². The van der Waals surface area contributed by atoms with Crippen molar-refractivity contribution in [1.82, 2.24) is 9.80 Å². The summed E-state index contributed by atoms with van der Waals surface area (Å²) in [5.41, 5.74) is 4.97. The summed E-state index contributed by atoms with van der Waals surface area (Å²) in [5, 5.41) is 12.7. The number of benzene rings is 3. The number of piperazine rings is 1. The SMILES string of the molecule is Cc1ccccc1-c1ccc([C@H]2[C@H]3CN(C(=O)Nc4ccc(F)cc4)CC(=O)N3[C@H]2CO)cc1. The quantitative estimate of drug-likeness (QED) is 0.619. The lowest BCUT2D eigenvalue weighted by Gasteiger charge is -2.58. The molecule has 0 aromatic heterocycles. The monoisotopic (exact) mass is 459 g/mol. The van der Waals surface area contributed by atoms with E-state index >= 15 is 0 Å². The highest BCUT2D eigenvalue weighted by Gasteiger charge is 2.54. The molecule has 34 heavy (non-hydrogen) atoms. The van der Waals surface area contributed by atoms with Crippen LogP contribution in [0.2, 0.25) is 0 Å². The summed E-state index contributed by atoms with van der Waals surface area (Å²) in [4.78, 5) is 28.8. The van der Waals surface area contributed by atoms with Gasteiger partial charge in [0.25, 0.3) is 0 Å². The topological polar surface area (TPSA) is 72.9 Å². The number of aliphatic hydroxyl groups excluding tert-OH is 1. The number of urea groups is 1. The molecule has 6 nitrogen and oxygen atoms in total. The number of hydrogen-bond donors (Lipinski definition) is 2. The van der Waals surface area contributed by atoms with Crippen LogP contribution in [0.1, 0.15) is 17.0 Å². The number of amides is 3. The number of nitrogens with one attached hydrogen (secondary N) is 1. The summed E-state index contributed by atoms with van der Waals surface area (Å²) in [7, 11) is 0. The molecule has 2 fully saturated rings. The largest absolute Gasteiger partial charge is 0.394 e. The van der Waals surface area contributed by atoms with E-state index in [4.69, 9.17) is 0 Å². The molecule has 5 rings (SSSR count). The average Bonchev–Trinajstić information content (AvgIpc) is 2.82. The Hall–Kier alpha value is -3.71. The molecule has 2 N–H and O–H groups in total. The number of rotatable bonds is 4. The van der Waals surface area contributed by atoms with E-state index in [0.717, 1.165) is 11.1 Å². The van der Waals surface area contributed by atoms with E-state index in [0.29, 0.717) is 12.2 Å². The Kier molecular flexibility index (Phi) is 5.79. The Morgan fingerprint density at radius 3 is 2.44 bits per heavy atom. The third-order valence-corrected chi connectivity index (χ3v) is 6.89. The van der Waals surface area contributed by atoms with Crippen LogP contribution in [0.3, 0.4) is 0 Å². The highest BCUT2D eigenvalue weighted by molar-refractivity contribution is 5.93. The Balaban J connectivity index is 1.34. The van der Waals surface area contributed by atoms with E-state index < -0.39 is 6.03 Å². The van der Waals surface area contributed by atoms with Crippen LogP contribution in [0, 0.1) is 12.7 Å². The number of aryl methyl sites for hydroxylation is 1. The third kappa shape index (κ3) is 3.92. The van der Waals surface area contributed by atoms with Gasteiger partial charge in [0.15, 0.2) is 0 Å². The predicted molar refractivity (Wildman–Crippen MR) is 128 cm³/mol. The lowest BCUT2D eigenvalue weighted by molar-refractivity contribution is -0.159. The van der Waals surface area contributed by atoms with Crippen LogP contribution in [-0.4, -0.2) is 58.6 Å². The lowest BCUT2D eigenvalue weighted by atomic mass is 9.73. The van der Waals surface area contributed by atoms with Crippen molar-refractivity contribution in [3.05, 3.63) is 89.7 Å². The Labute approximate surface area is 197 Å². The number of anilines is 1. The second kappa shape index (κ2) is 8.91. The van der Waals surface area contributed by atoms with Crippen LogP contribution in [0.4, 0.5) is 14.9 Å². The molecule has 2 saturated heterocycles. The summed E-state index contributed by atoms with van der Waals surface area (Å²) in [5.74, 6) is -0.638. The average molecular weight is 460 g/mol. The zero-order valence-corrected chi connectivity index (χ0v) is 18.8. The normalized spacial score (nSPS) is 21.6. The third-order valence-electron chi connectivity index (χ3n) is 6.89. The number of carbonyl (C=O) groups is 2. The van der Waals surface area contributed by atoms with Gasteiger partial charge in [-0.2, -0.15) is 0 Å². The minimum atomic E-state index is -0.402. The van der Waals surface area contributed by atoms with Gasteiger partial charge in [-0.05, 0) is 53.4 Å². The van der Waals surface area contributed by atoms with Crippen molar-refractivity contribution in [3.63, 3.8) is 0 Å². The number of carbonyl (C=O) groups excluding carboxylic acids is 2. The molecule has 2 aliphatic heterocycles. The van der Waals surface area contributed by atoms with Crippen LogP contribution >= 0.6 is 0 Å². The van der Waals surface area contributed by atoms with Gasteiger partial charge in [-0.1, -0.05) is 48.5 Å². The van der Waals surface area contributed by atoms with Crippen LogP contribution in [0.25, 0.3) is 11.1 Å². The van der Waals surface area contributed by atoms with E-state index in [-0.39, 0.29) is 42.9 Å². The molecule has 3 aromatic rings. The second-order valence-corrected chi connectivity index (χ2v) is 8.90. The molecule has 3 atom stereocenters. The van der Waals surface area contributed by atoms with Gasteiger partial charge < -0.3 is 20.2 Å². The van der Waals surface area contributed by atoms with Crippen molar-refractivity contribution in [3.8, 4) is 11.1 Å². The van der Waals surface area contributed by atoms with Gasteiger partial charge in [0.2, 0.25) is 5.91 Å². The van der Waals surface area contributed by atoms with Gasteiger partial charge in [0.05, 0.1) is 18.7 Å². The van der Waals surface area contributed by atoms with Crippen molar-refractivity contribution >= 4 is 17.6 Å². The fourth-order valence-electron chi connectivity index (χ4n) is 5.17. The standard InChI is InChI=1S/C27H26FN3O3/c1-17-4-2-3-5-22(17)18-6-8-19(9-7-18)26-23-14-30(15-25(33)31(23)24(26)16-32)27(34)29-21-12-10-20(28)11-13-21/h2-13,23-24,26,32H,14-16H2,1H3,(H,29,34)/t23-,24+,26+/m1/s1. The van der Waals surface area contributed by atoms with Crippen molar-refractivity contribution in [2.75, 3.05) is 25.0 Å². The maximum Gasteiger partial charge on any atom is 0.322 e. The number of hydrogen-bond acceptors (Lipinski definition) is 3. The Bertz CT molecular complexity index is 1210. The van der Waals surface area contributed by atoms with Crippen LogP contribution in [0.5, 0.6) is 0 Å². The van der Waals surface area contributed by atoms with Gasteiger partial charge in [-0.25, -0.2) is 9.18 Å². The number of aliphatic hydroxyl groups is 1. The molecule has 0 unspecified atom stereocenters. The van der Waals surface area contributed by atoms with Gasteiger partial charge >= 0.3 is 6.03 Å². The first-order valence-electron chi connectivity index (χ1n) is 11.4. The van der Waals surface area contributed by atoms with Gasteiger partial charge in [0.1, 0.15) is 12.4 Å². The predicted octanol–water partition coefficient (Wildman–Crippen LogP) is 4.00. The van der Waals surface area contributed by atoms with Crippen molar-refractivity contribution in [2.45, 2.75) is 24.9 Å². The van der Waals surface area contributed by atoms with Crippen LogP contribution in [0.15, 0.2) is 72.8 Å². The van der Waals surface area contributed by atoms with Gasteiger partial charge in [0, 0.05) is 18.2 Å². The molecule has 174 valence electrons.